The maximum atomic E-state index is 8.35. The van der Waals surface area contributed by atoms with Crippen LogP contribution in [0.15, 0.2) is 18.2 Å². The number of aromatic amines is 1. The van der Waals surface area contributed by atoms with Gasteiger partial charge in [-0.05, 0) is 25.1 Å². The van der Waals surface area contributed by atoms with Crippen LogP contribution in [0.25, 0.3) is 10.9 Å². The molecule has 2 rings (SSSR count). The molecule has 0 saturated carbocycles. The van der Waals surface area contributed by atoms with Crippen molar-refractivity contribution in [2.45, 2.75) is 13.3 Å². The molecule has 0 fully saturated rings. The Kier molecular flexibility index (Phi) is 2.39. The van der Waals surface area contributed by atoms with E-state index in [-0.39, 0.29) is 6.42 Å². The minimum Gasteiger partial charge on any atom is -0.282 e. The van der Waals surface area contributed by atoms with E-state index in [2.05, 4.69) is 22.0 Å². The molecule has 0 aliphatic carbocycles. The van der Waals surface area contributed by atoms with Crippen LogP contribution >= 0.6 is 0 Å². The Morgan fingerprint density at radius 1 is 1.47 bits per heavy atom. The molecule has 3 heteroatoms. The van der Waals surface area contributed by atoms with E-state index in [4.69, 9.17) is 5.26 Å². The van der Waals surface area contributed by atoms with Crippen molar-refractivity contribution in [3.05, 3.63) is 29.5 Å². The van der Waals surface area contributed by atoms with Crippen molar-refractivity contribution in [3.63, 3.8) is 0 Å². The molecule has 0 saturated heterocycles. The first kappa shape index (κ1) is 9.30. The van der Waals surface area contributed by atoms with Crippen LogP contribution in [0.4, 0.5) is 0 Å². The highest BCUT2D eigenvalue weighted by atomic mass is 15.1. The number of hydrogen-bond donors (Lipinski definition) is 1. The molecule has 1 aromatic carbocycles. The van der Waals surface area contributed by atoms with Gasteiger partial charge in [0.2, 0.25) is 0 Å². The lowest BCUT2D eigenvalue weighted by molar-refractivity contribution is 1.07. The fourth-order valence-corrected chi connectivity index (χ4v) is 1.41. The lowest BCUT2D eigenvalue weighted by Gasteiger charge is -1.90. The second-order valence-electron chi connectivity index (χ2n) is 3.22. The molecule has 1 N–H and O–H groups in total. The minimum absolute atomic E-state index is 0.262. The van der Waals surface area contributed by atoms with Crippen molar-refractivity contribution in [3.8, 4) is 17.9 Å². The summed E-state index contributed by atoms with van der Waals surface area (Å²) in [6.07, 6.45) is 0.262. The number of nitriles is 1. The number of H-pyrrole nitrogens is 1. The van der Waals surface area contributed by atoms with Crippen molar-refractivity contribution in [2.75, 3.05) is 0 Å². The minimum atomic E-state index is 0.262. The van der Waals surface area contributed by atoms with Crippen molar-refractivity contribution in [1.82, 2.24) is 10.2 Å². The number of nitrogens with zero attached hydrogens (tertiary/aromatic N) is 2. The van der Waals surface area contributed by atoms with Gasteiger partial charge in [0.25, 0.3) is 0 Å². The first-order valence-electron chi connectivity index (χ1n) is 4.62. The molecular weight excluding hydrogens is 186 g/mol. The number of fused-ring (bicyclic) bond motifs is 1. The van der Waals surface area contributed by atoms with Gasteiger partial charge in [0.15, 0.2) is 0 Å². The van der Waals surface area contributed by atoms with Gasteiger partial charge in [0.1, 0.15) is 0 Å². The molecule has 0 unspecified atom stereocenters. The number of hydrogen-bond acceptors (Lipinski definition) is 2. The fourth-order valence-electron chi connectivity index (χ4n) is 1.41. The molecule has 0 radical (unpaired) electrons. The largest absolute Gasteiger partial charge is 0.282 e. The van der Waals surface area contributed by atoms with Crippen LogP contribution in [0, 0.1) is 30.1 Å². The van der Waals surface area contributed by atoms with Crippen LogP contribution in [-0.2, 0) is 0 Å². The molecule has 0 aliphatic rings. The van der Waals surface area contributed by atoms with Gasteiger partial charge >= 0.3 is 0 Å². The van der Waals surface area contributed by atoms with Gasteiger partial charge in [-0.25, -0.2) is 0 Å². The second kappa shape index (κ2) is 3.86. The molecule has 0 amide bonds. The summed E-state index contributed by atoms with van der Waals surface area (Å²) in [7, 11) is 0. The van der Waals surface area contributed by atoms with Crippen LogP contribution in [0.1, 0.15) is 17.7 Å². The van der Waals surface area contributed by atoms with E-state index in [1.165, 1.54) is 0 Å². The number of rotatable bonds is 0. The maximum absolute atomic E-state index is 8.35. The molecule has 15 heavy (non-hydrogen) atoms. The number of aryl methyl sites for hydroxylation is 1. The zero-order chi connectivity index (χ0) is 10.7. The molecule has 2 aromatic rings. The van der Waals surface area contributed by atoms with Crippen LogP contribution in [0.5, 0.6) is 0 Å². The Labute approximate surface area is 87.7 Å². The summed E-state index contributed by atoms with van der Waals surface area (Å²) < 4.78 is 0. The van der Waals surface area contributed by atoms with E-state index in [0.29, 0.717) is 0 Å². The highest BCUT2D eigenvalue weighted by molar-refractivity contribution is 5.82. The Hall–Kier alpha value is -2.26. The predicted molar refractivity (Wildman–Crippen MR) is 57.9 cm³/mol. The molecule has 1 heterocycles. The third kappa shape index (κ3) is 1.82. The third-order valence-corrected chi connectivity index (χ3v) is 2.15. The van der Waals surface area contributed by atoms with Gasteiger partial charge in [-0.3, -0.25) is 5.10 Å². The molecule has 0 aliphatic heterocycles. The summed E-state index contributed by atoms with van der Waals surface area (Å²) >= 11 is 0. The van der Waals surface area contributed by atoms with E-state index in [1.807, 2.05) is 31.2 Å². The highest BCUT2D eigenvalue weighted by Crippen LogP contribution is 2.15. The zero-order valence-corrected chi connectivity index (χ0v) is 8.33. The van der Waals surface area contributed by atoms with Crippen LogP contribution in [-0.4, -0.2) is 10.2 Å². The Balaban J connectivity index is 2.41. The Morgan fingerprint density at radius 2 is 2.33 bits per heavy atom. The van der Waals surface area contributed by atoms with Gasteiger partial charge in [-0.2, -0.15) is 10.4 Å². The molecule has 72 valence electrons. The fraction of sp³-hybridized carbons (Fsp3) is 0.167. The normalized spacial score (nSPS) is 9.33. The summed E-state index contributed by atoms with van der Waals surface area (Å²) in [6.45, 7) is 1.98. The molecule has 3 nitrogen and oxygen atoms in total. The second-order valence-corrected chi connectivity index (χ2v) is 3.22. The lowest BCUT2D eigenvalue weighted by atomic mass is 10.1. The quantitative estimate of drug-likeness (QED) is 0.655. The molecular formula is C12H9N3. The van der Waals surface area contributed by atoms with Crippen LogP contribution in [0.3, 0.4) is 0 Å². The first-order chi connectivity index (χ1) is 7.31. The smallest absolute Gasteiger partial charge is 0.0966 e. The molecule has 0 atom stereocenters. The van der Waals surface area contributed by atoms with E-state index in [9.17, 15) is 0 Å². The van der Waals surface area contributed by atoms with E-state index >= 15 is 0 Å². The SMILES string of the molecule is Cc1[nH]nc2cc(C#CCC#N)ccc12. The summed E-state index contributed by atoms with van der Waals surface area (Å²) in [5.41, 5.74) is 2.86. The van der Waals surface area contributed by atoms with E-state index < -0.39 is 0 Å². The van der Waals surface area contributed by atoms with Crippen molar-refractivity contribution >= 4 is 10.9 Å². The molecule has 1 aromatic heterocycles. The average molecular weight is 195 g/mol. The monoisotopic (exact) mass is 195 g/mol. The van der Waals surface area contributed by atoms with Gasteiger partial charge in [-0.15, -0.1) is 0 Å². The summed E-state index contributed by atoms with van der Waals surface area (Å²) in [5, 5.41) is 16.5. The zero-order valence-electron chi connectivity index (χ0n) is 8.33. The summed E-state index contributed by atoms with van der Waals surface area (Å²) in [6, 6.07) is 7.83. The molecule has 0 spiro atoms. The van der Waals surface area contributed by atoms with Gasteiger partial charge < -0.3 is 0 Å². The predicted octanol–water partition coefficient (Wildman–Crippen LogP) is 2.14. The van der Waals surface area contributed by atoms with Crippen molar-refractivity contribution < 1.29 is 0 Å². The number of benzene rings is 1. The average Bonchev–Trinajstić information content (AvgIpc) is 2.61. The third-order valence-electron chi connectivity index (χ3n) is 2.15. The number of nitrogens with one attached hydrogen (secondary N) is 1. The van der Waals surface area contributed by atoms with Crippen LogP contribution < -0.4 is 0 Å². The maximum Gasteiger partial charge on any atom is 0.0966 e. The standard InChI is InChI=1S/C12H9N3/c1-9-11-6-5-10(4-2-3-7-13)8-12(11)15-14-9/h5-6,8H,3H2,1H3,(H,14,15). The van der Waals surface area contributed by atoms with Crippen molar-refractivity contribution in [1.29, 1.82) is 5.26 Å². The van der Waals surface area contributed by atoms with E-state index in [0.717, 1.165) is 22.2 Å². The Morgan fingerprint density at radius 3 is 3.13 bits per heavy atom. The highest BCUT2D eigenvalue weighted by Gasteiger charge is 2.00. The topological polar surface area (TPSA) is 52.5 Å². The number of aromatic nitrogens is 2. The van der Waals surface area contributed by atoms with Gasteiger partial charge in [0, 0.05) is 16.6 Å². The van der Waals surface area contributed by atoms with E-state index in [1.54, 1.807) is 0 Å². The summed E-state index contributed by atoms with van der Waals surface area (Å²) in [5.74, 6) is 5.69. The van der Waals surface area contributed by atoms with Crippen LogP contribution in [0.2, 0.25) is 0 Å². The Bertz CT molecular complexity index is 591. The first-order valence-corrected chi connectivity index (χ1v) is 4.62. The molecule has 0 bridgehead atoms. The lowest BCUT2D eigenvalue weighted by Crippen LogP contribution is -1.75. The van der Waals surface area contributed by atoms with Gasteiger partial charge in [-0.1, -0.05) is 11.8 Å². The van der Waals surface area contributed by atoms with Gasteiger partial charge in [0.05, 0.1) is 18.0 Å². The summed E-state index contributed by atoms with van der Waals surface area (Å²) in [4.78, 5) is 0. The van der Waals surface area contributed by atoms with Crippen molar-refractivity contribution in [2.24, 2.45) is 0 Å².